The van der Waals surface area contributed by atoms with Crippen molar-refractivity contribution in [3.8, 4) is 0 Å². The quantitative estimate of drug-likeness (QED) is 0.752. The first-order valence-corrected chi connectivity index (χ1v) is 5.59. The lowest BCUT2D eigenvalue weighted by Gasteiger charge is -2.29. The Morgan fingerprint density at radius 1 is 1.67 bits per heavy atom. The van der Waals surface area contributed by atoms with Crippen molar-refractivity contribution in [3.05, 3.63) is 30.4 Å². The molecule has 1 N–H and O–H groups in total. The molecule has 2 unspecified atom stereocenters. The van der Waals surface area contributed by atoms with Gasteiger partial charge in [-0.3, -0.25) is 0 Å². The molecule has 15 heavy (non-hydrogen) atoms. The second-order valence-corrected chi connectivity index (χ2v) is 4.34. The molecule has 1 aliphatic rings. The predicted molar refractivity (Wildman–Crippen MR) is 59.3 cm³/mol. The number of aromatic nitrogens is 2. The molecular formula is C12H18N2O. The number of aryl methyl sites for hydroxylation is 1. The van der Waals surface area contributed by atoms with Crippen LogP contribution in [-0.4, -0.2) is 14.7 Å². The molecule has 2 atom stereocenters. The van der Waals surface area contributed by atoms with E-state index in [4.69, 9.17) is 0 Å². The Bertz CT molecular complexity index is 369. The smallest absolute Gasteiger partial charge is 0.144 e. The molecule has 1 heterocycles. The molecule has 82 valence electrons. The molecule has 2 rings (SSSR count). The molecule has 0 amide bonds. The fourth-order valence-corrected chi connectivity index (χ4v) is 2.08. The summed E-state index contributed by atoms with van der Waals surface area (Å²) in [5, 5.41) is 10.5. The highest BCUT2D eigenvalue weighted by Crippen LogP contribution is 2.33. The average Bonchev–Trinajstić information content (AvgIpc) is 2.71. The van der Waals surface area contributed by atoms with Crippen LogP contribution in [0.25, 0.3) is 0 Å². The van der Waals surface area contributed by atoms with Crippen molar-refractivity contribution in [1.82, 2.24) is 9.55 Å². The van der Waals surface area contributed by atoms with Gasteiger partial charge >= 0.3 is 0 Å². The maximum atomic E-state index is 10.5. The fraction of sp³-hybridized carbons (Fsp3) is 0.583. The lowest BCUT2D eigenvalue weighted by Crippen LogP contribution is -2.30. The predicted octanol–water partition coefficient (Wildman–Crippen LogP) is 2.08. The number of nitrogens with zero attached hydrogens (tertiary/aromatic N) is 2. The van der Waals surface area contributed by atoms with Gasteiger partial charge in [-0.05, 0) is 31.8 Å². The summed E-state index contributed by atoms with van der Waals surface area (Å²) in [6.07, 6.45) is 9.43. The Kier molecular flexibility index (Phi) is 2.65. The van der Waals surface area contributed by atoms with Gasteiger partial charge in [-0.1, -0.05) is 13.0 Å². The second-order valence-electron chi connectivity index (χ2n) is 4.34. The molecule has 1 aromatic heterocycles. The van der Waals surface area contributed by atoms with Crippen LogP contribution in [-0.2, 0) is 12.1 Å². The Hall–Kier alpha value is -1.09. The molecule has 1 aliphatic carbocycles. The Labute approximate surface area is 90.5 Å². The summed E-state index contributed by atoms with van der Waals surface area (Å²) >= 11 is 0. The highest BCUT2D eigenvalue weighted by atomic mass is 16.3. The van der Waals surface area contributed by atoms with Gasteiger partial charge in [0.05, 0.1) is 0 Å². The molecule has 0 bridgehead atoms. The minimum absolute atomic E-state index is 0.565. The third-order valence-electron chi connectivity index (χ3n) is 3.12. The van der Waals surface area contributed by atoms with E-state index in [1.54, 1.807) is 6.20 Å². The summed E-state index contributed by atoms with van der Waals surface area (Å²) < 4.78 is 2.00. The number of allylic oxidation sites excluding steroid dienone is 1. The molecule has 1 aromatic rings. The maximum Gasteiger partial charge on any atom is 0.144 e. The van der Waals surface area contributed by atoms with Gasteiger partial charge < -0.3 is 9.67 Å². The van der Waals surface area contributed by atoms with Crippen LogP contribution in [0.15, 0.2) is 24.5 Å². The van der Waals surface area contributed by atoms with E-state index in [0.29, 0.717) is 5.92 Å². The highest BCUT2D eigenvalue weighted by molar-refractivity contribution is 5.17. The van der Waals surface area contributed by atoms with Crippen LogP contribution in [0.2, 0.25) is 0 Å². The van der Waals surface area contributed by atoms with Crippen molar-refractivity contribution in [2.24, 2.45) is 5.92 Å². The zero-order chi connectivity index (χ0) is 10.9. The summed E-state index contributed by atoms with van der Waals surface area (Å²) in [5.74, 6) is 1.34. The average molecular weight is 206 g/mol. The van der Waals surface area contributed by atoms with Gasteiger partial charge in [0.25, 0.3) is 0 Å². The minimum Gasteiger partial charge on any atom is -0.378 e. The van der Waals surface area contributed by atoms with Gasteiger partial charge in [-0.15, -0.1) is 0 Å². The highest BCUT2D eigenvalue weighted by Gasteiger charge is 2.33. The van der Waals surface area contributed by atoms with Crippen LogP contribution in [0, 0.1) is 5.92 Å². The first kappa shape index (κ1) is 10.4. The van der Waals surface area contributed by atoms with Crippen molar-refractivity contribution in [2.45, 2.75) is 38.8 Å². The molecule has 0 aliphatic heterocycles. The topological polar surface area (TPSA) is 38.0 Å². The minimum atomic E-state index is -0.855. The van der Waals surface area contributed by atoms with Crippen molar-refractivity contribution in [3.63, 3.8) is 0 Å². The number of hydrogen-bond acceptors (Lipinski definition) is 2. The standard InChI is InChI=1S/C12H18N2O/c1-3-14-9-8-13-11(14)12(15)6-4-10(2)5-7-12/h4,6,8-10,15H,3,5,7H2,1-2H3. The molecule has 0 spiro atoms. The van der Waals surface area contributed by atoms with Crippen LogP contribution in [0.1, 0.15) is 32.5 Å². The van der Waals surface area contributed by atoms with E-state index in [2.05, 4.69) is 24.9 Å². The molecule has 3 nitrogen and oxygen atoms in total. The van der Waals surface area contributed by atoms with Gasteiger partial charge in [0.2, 0.25) is 0 Å². The molecule has 0 saturated heterocycles. The lowest BCUT2D eigenvalue weighted by molar-refractivity contribution is 0.0547. The molecule has 0 fully saturated rings. The van der Waals surface area contributed by atoms with Crippen molar-refractivity contribution < 1.29 is 5.11 Å². The first-order valence-electron chi connectivity index (χ1n) is 5.59. The number of imidazole rings is 1. The first-order chi connectivity index (χ1) is 7.15. The SMILES string of the molecule is CCn1ccnc1C1(O)C=CC(C)CC1. The molecular weight excluding hydrogens is 188 g/mol. The zero-order valence-electron chi connectivity index (χ0n) is 9.35. The summed E-state index contributed by atoms with van der Waals surface area (Å²) in [6, 6.07) is 0. The summed E-state index contributed by atoms with van der Waals surface area (Å²) in [5.41, 5.74) is -0.855. The Balaban J connectivity index is 2.33. The van der Waals surface area contributed by atoms with Gasteiger partial charge in [-0.25, -0.2) is 4.98 Å². The van der Waals surface area contributed by atoms with E-state index in [9.17, 15) is 5.11 Å². The molecule has 0 radical (unpaired) electrons. The lowest BCUT2D eigenvalue weighted by atomic mass is 9.85. The molecule has 0 aromatic carbocycles. The largest absolute Gasteiger partial charge is 0.378 e. The van der Waals surface area contributed by atoms with Crippen molar-refractivity contribution >= 4 is 0 Å². The van der Waals surface area contributed by atoms with Gasteiger partial charge in [0.1, 0.15) is 11.4 Å². The van der Waals surface area contributed by atoms with E-state index in [0.717, 1.165) is 25.2 Å². The van der Waals surface area contributed by atoms with E-state index < -0.39 is 5.60 Å². The number of hydrogen-bond donors (Lipinski definition) is 1. The fourth-order valence-electron chi connectivity index (χ4n) is 2.08. The number of aliphatic hydroxyl groups is 1. The van der Waals surface area contributed by atoms with E-state index in [1.807, 2.05) is 16.8 Å². The van der Waals surface area contributed by atoms with Crippen LogP contribution < -0.4 is 0 Å². The molecule has 3 heteroatoms. The van der Waals surface area contributed by atoms with Crippen LogP contribution in [0.3, 0.4) is 0 Å². The van der Waals surface area contributed by atoms with E-state index in [-0.39, 0.29) is 0 Å². The normalized spacial score (nSPS) is 30.7. The Morgan fingerprint density at radius 2 is 2.47 bits per heavy atom. The zero-order valence-corrected chi connectivity index (χ0v) is 9.35. The van der Waals surface area contributed by atoms with Crippen molar-refractivity contribution in [2.75, 3.05) is 0 Å². The molecule has 0 saturated carbocycles. The third-order valence-corrected chi connectivity index (χ3v) is 3.12. The van der Waals surface area contributed by atoms with Crippen molar-refractivity contribution in [1.29, 1.82) is 0 Å². The third kappa shape index (κ3) is 1.84. The van der Waals surface area contributed by atoms with Crippen LogP contribution in [0.5, 0.6) is 0 Å². The van der Waals surface area contributed by atoms with Gasteiger partial charge in [0, 0.05) is 18.9 Å². The Morgan fingerprint density at radius 3 is 3.07 bits per heavy atom. The monoisotopic (exact) mass is 206 g/mol. The van der Waals surface area contributed by atoms with Crippen LogP contribution >= 0.6 is 0 Å². The second kappa shape index (κ2) is 3.81. The van der Waals surface area contributed by atoms with E-state index in [1.165, 1.54) is 0 Å². The van der Waals surface area contributed by atoms with Gasteiger partial charge in [-0.2, -0.15) is 0 Å². The summed E-state index contributed by atoms with van der Waals surface area (Å²) in [6.45, 7) is 5.08. The maximum absolute atomic E-state index is 10.5. The van der Waals surface area contributed by atoms with Gasteiger partial charge in [0.15, 0.2) is 0 Å². The van der Waals surface area contributed by atoms with E-state index >= 15 is 0 Å². The van der Waals surface area contributed by atoms with Crippen LogP contribution in [0.4, 0.5) is 0 Å². The summed E-state index contributed by atoms with van der Waals surface area (Å²) in [4.78, 5) is 4.27. The summed E-state index contributed by atoms with van der Waals surface area (Å²) in [7, 11) is 0. The number of rotatable bonds is 2.